The predicted octanol–water partition coefficient (Wildman–Crippen LogP) is 4.73. The first-order valence-corrected chi connectivity index (χ1v) is 6.92. The molecular formula is C15H11BrF3NO2. The van der Waals surface area contributed by atoms with Crippen LogP contribution in [0.25, 0.3) is 0 Å². The number of carbonyl (C=O) groups excluding carboxylic acids is 1. The molecule has 0 saturated heterocycles. The first-order valence-electron chi connectivity index (χ1n) is 6.13. The summed E-state index contributed by atoms with van der Waals surface area (Å²) in [5.74, 6) is 0.0475. The number of hydrogen-bond donors (Lipinski definition) is 1. The van der Waals surface area contributed by atoms with Crippen LogP contribution in [0.4, 0.5) is 18.9 Å². The van der Waals surface area contributed by atoms with Gasteiger partial charge in [0.25, 0.3) is 5.91 Å². The van der Waals surface area contributed by atoms with Crippen LogP contribution in [0.15, 0.2) is 46.9 Å². The van der Waals surface area contributed by atoms with Gasteiger partial charge in [-0.3, -0.25) is 4.79 Å². The number of amides is 1. The van der Waals surface area contributed by atoms with E-state index in [0.717, 1.165) is 12.1 Å². The van der Waals surface area contributed by atoms with Crippen molar-refractivity contribution in [2.45, 2.75) is 6.18 Å². The number of anilines is 1. The van der Waals surface area contributed by atoms with Gasteiger partial charge in [-0.2, -0.15) is 13.2 Å². The van der Waals surface area contributed by atoms with Crippen molar-refractivity contribution in [3.8, 4) is 5.75 Å². The molecule has 0 heterocycles. The summed E-state index contributed by atoms with van der Waals surface area (Å²) in [6.45, 7) is 0. The Kier molecular flexibility index (Phi) is 4.75. The first-order chi connectivity index (χ1) is 10.3. The third-order valence-electron chi connectivity index (χ3n) is 2.89. The molecule has 1 N–H and O–H groups in total. The van der Waals surface area contributed by atoms with Gasteiger partial charge in [0.15, 0.2) is 0 Å². The summed E-state index contributed by atoms with van der Waals surface area (Å²) in [5, 5.41) is 2.54. The van der Waals surface area contributed by atoms with Gasteiger partial charge < -0.3 is 10.1 Å². The summed E-state index contributed by atoms with van der Waals surface area (Å²) >= 11 is 3.25. The molecule has 2 aromatic rings. The van der Waals surface area contributed by atoms with Crippen LogP contribution in [0.1, 0.15) is 15.9 Å². The van der Waals surface area contributed by atoms with Crippen LogP contribution >= 0.6 is 15.9 Å². The second-order valence-electron chi connectivity index (χ2n) is 4.38. The minimum atomic E-state index is -4.40. The monoisotopic (exact) mass is 373 g/mol. The molecule has 0 aliphatic rings. The van der Waals surface area contributed by atoms with E-state index in [9.17, 15) is 18.0 Å². The van der Waals surface area contributed by atoms with Crippen molar-refractivity contribution in [1.82, 2.24) is 0 Å². The molecule has 2 aromatic carbocycles. The molecule has 0 atom stereocenters. The van der Waals surface area contributed by atoms with Gasteiger partial charge >= 0.3 is 6.18 Å². The van der Waals surface area contributed by atoms with E-state index < -0.39 is 17.6 Å². The molecule has 0 aliphatic heterocycles. The summed E-state index contributed by atoms with van der Waals surface area (Å²) in [5.41, 5.74) is -0.181. The highest BCUT2D eigenvalue weighted by Gasteiger charge is 2.30. The van der Waals surface area contributed by atoms with Crippen LogP contribution in [0.2, 0.25) is 0 Å². The summed E-state index contributed by atoms with van der Waals surface area (Å²) in [7, 11) is 1.47. The van der Waals surface area contributed by atoms with E-state index >= 15 is 0 Å². The van der Waals surface area contributed by atoms with Gasteiger partial charge in [0, 0.05) is 10.2 Å². The van der Waals surface area contributed by atoms with E-state index in [0.29, 0.717) is 15.8 Å². The zero-order valence-electron chi connectivity index (χ0n) is 11.4. The van der Waals surface area contributed by atoms with Crippen LogP contribution in [-0.2, 0) is 6.18 Å². The lowest BCUT2D eigenvalue weighted by molar-refractivity contribution is -0.137. The van der Waals surface area contributed by atoms with Gasteiger partial charge in [-0.05, 0) is 58.4 Å². The SMILES string of the molecule is COc1ccc(Br)c(C(=O)Nc2ccc(C(F)(F)F)cc2)c1. The lowest BCUT2D eigenvalue weighted by atomic mass is 10.1. The maximum Gasteiger partial charge on any atom is 0.416 e. The molecule has 0 spiro atoms. The summed E-state index contributed by atoms with van der Waals surface area (Å²) in [6.07, 6.45) is -4.40. The molecule has 0 aromatic heterocycles. The Hall–Kier alpha value is -2.02. The van der Waals surface area contributed by atoms with E-state index in [1.165, 1.54) is 25.3 Å². The number of benzene rings is 2. The van der Waals surface area contributed by atoms with E-state index in [2.05, 4.69) is 21.2 Å². The Balaban J connectivity index is 2.19. The second kappa shape index (κ2) is 6.39. The maximum absolute atomic E-state index is 12.5. The largest absolute Gasteiger partial charge is 0.497 e. The standard InChI is InChI=1S/C15H11BrF3NO2/c1-22-11-6-7-13(16)12(8-11)14(21)20-10-4-2-9(3-5-10)15(17,18)19/h2-8H,1H3,(H,20,21). The van der Waals surface area contributed by atoms with Crippen molar-refractivity contribution >= 4 is 27.5 Å². The van der Waals surface area contributed by atoms with Gasteiger partial charge in [-0.25, -0.2) is 0 Å². The molecule has 0 saturated carbocycles. The van der Waals surface area contributed by atoms with Gasteiger partial charge in [0.1, 0.15) is 5.75 Å². The van der Waals surface area contributed by atoms with Gasteiger partial charge in [0.2, 0.25) is 0 Å². The fourth-order valence-electron chi connectivity index (χ4n) is 1.75. The van der Waals surface area contributed by atoms with Crippen molar-refractivity contribution < 1.29 is 22.7 Å². The van der Waals surface area contributed by atoms with Crippen LogP contribution in [-0.4, -0.2) is 13.0 Å². The smallest absolute Gasteiger partial charge is 0.416 e. The Morgan fingerprint density at radius 3 is 2.32 bits per heavy atom. The highest BCUT2D eigenvalue weighted by molar-refractivity contribution is 9.10. The number of hydrogen-bond acceptors (Lipinski definition) is 2. The van der Waals surface area contributed by atoms with Gasteiger partial charge in [-0.1, -0.05) is 0 Å². The number of carbonyl (C=O) groups is 1. The minimum absolute atomic E-state index is 0.271. The molecule has 0 aliphatic carbocycles. The highest BCUT2D eigenvalue weighted by atomic mass is 79.9. The van der Waals surface area contributed by atoms with Crippen molar-refractivity contribution in [3.05, 3.63) is 58.1 Å². The molecule has 0 bridgehead atoms. The summed E-state index contributed by atoms with van der Waals surface area (Å²) < 4.78 is 43.0. The number of nitrogens with one attached hydrogen (secondary N) is 1. The summed E-state index contributed by atoms with van der Waals surface area (Å²) in [6, 6.07) is 9.10. The Morgan fingerprint density at radius 1 is 1.14 bits per heavy atom. The molecule has 0 fully saturated rings. The molecule has 7 heteroatoms. The molecule has 0 unspecified atom stereocenters. The van der Waals surface area contributed by atoms with E-state index in [1.807, 2.05) is 0 Å². The quantitative estimate of drug-likeness (QED) is 0.844. The van der Waals surface area contributed by atoms with E-state index in [1.54, 1.807) is 12.1 Å². The number of alkyl halides is 3. The number of ether oxygens (including phenoxy) is 1. The first kappa shape index (κ1) is 16.4. The zero-order valence-corrected chi connectivity index (χ0v) is 13.0. The molecule has 1 amide bonds. The molecule has 22 heavy (non-hydrogen) atoms. The second-order valence-corrected chi connectivity index (χ2v) is 5.23. The average molecular weight is 374 g/mol. The van der Waals surface area contributed by atoms with Crippen LogP contribution in [0, 0.1) is 0 Å². The van der Waals surface area contributed by atoms with Crippen LogP contribution < -0.4 is 10.1 Å². The average Bonchev–Trinajstić information content (AvgIpc) is 2.47. The van der Waals surface area contributed by atoms with Crippen LogP contribution in [0.5, 0.6) is 5.75 Å². The van der Waals surface area contributed by atoms with Gasteiger partial charge in [-0.15, -0.1) is 0 Å². The lowest BCUT2D eigenvalue weighted by Crippen LogP contribution is -2.13. The molecule has 2 rings (SSSR count). The maximum atomic E-state index is 12.5. The molecular weight excluding hydrogens is 363 g/mol. The topological polar surface area (TPSA) is 38.3 Å². The zero-order chi connectivity index (χ0) is 16.3. The van der Waals surface area contributed by atoms with E-state index in [-0.39, 0.29) is 5.69 Å². The third-order valence-corrected chi connectivity index (χ3v) is 3.58. The van der Waals surface area contributed by atoms with Gasteiger partial charge in [0.05, 0.1) is 18.2 Å². The Bertz CT molecular complexity index is 684. The third kappa shape index (κ3) is 3.79. The molecule has 3 nitrogen and oxygen atoms in total. The van der Waals surface area contributed by atoms with Crippen LogP contribution in [0.3, 0.4) is 0 Å². The Labute approximate surface area is 133 Å². The predicted molar refractivity (Wildman–Crippen MR) is 80.1 cm³/mol. The number of rotatable bonds is 3. The normalized spacial score (nSPS) is 11.1. The van der Waals surface area contributed by atoms with Crippen molar-refractivity contribution in [2.75, 3.05) is 12.4 Å². The Morgan fingerprint density at radius 2 is 1.77 bits per heavy atom. The molecule has 0 radical (unpaired) electrons. The fraction of sp³-hybridized carbons (Fsp3) is 0.133. The molecule has 116 valence electrons. The minimum Gasteiger partial charge on any atom is -0.497 e. The lowest BCUT2D eigenvalue weighted by Gasteiger charge is -2.10. The van der Waals surface area contributed by atoms with Crippen molar-refractivity contribution in [1.29, 1.82) is 0 Å². The van der Waals surface area contributed by atoms with E-state index in [4.69, 9.17) is 4.74 Å². The summed E-state index contributed by atoms with van der Waals surface area (Å²) in [4.78, 5) is 12.2. The fourth-order valence-corrected chi connectivity index (χ4v) is 2.17. The number of halogens is 4. The van der Waals surface area contributed by atoms with Crippen molar-refractivity contribution in [3.63, 3.8) is 0 Å². The van der Waals surface area contributed by atoms with Crippen molar-refractivity contribution in [2.24, 2.45) is 0 Å². The highest BCUT2D eigenvalue weighted by Crippen LogP contribution is 2.30. The number of methoxy groups -OCH3 is 1.